The number of para-hydroxylation sites is 1. The van der Waals surface area contributed by atoms with Crippen LogP contribution in [-0.2, 0) is 11.3 Å². The van der Waals surface area contributed by atoms with E-state index in [0.717, 1.165) is 4.68 Å². The first-order chi connectivity index (χ1) is 18.8. The molecule has 0 unspecified atom stereocenters. The monoisotopic (exact) mass is 528 g/mol. The van der Waals surface area contributed by atoms with Crippen LogP contribution in [0.3, 0.4) is 0 Å². The molecule has 0 saturated heterocycles. The Balaban J connectivity index is 1.45. The van der Waals surface area contributed by atoms with Gasteiger partial charge in [0.2, 0.25) is 5.91 Å². The Labute approximate surface area is 219 Å². The summed E-state index contributed by atoms with van der Waals surface area (Å²) >= 11 is 0. The predicted octanol–water partition coefficient (Wildman–Crippen LogP) is 5.06. The Morgan fingerprint density at radius 1 is 1.08 bits per heavy atom. The number of hydrogen-bond acceptors (Lipinski definition) is 7. The van der Waals surface area contributed by atoms with Crippen LogP contribution in [-0.4, -0.2) is 28.5 Å². The zero-order valence-electron chi connectivity index (χ0n) is 20.4. The third-order valence-electron chi connectivity index (χ3n) is 6.34. The molecule has 0 fully saturated rings. The number of anilines is 1. The number of likely N-dealkylation sites (N-methyl/N-ethyl adjacent to an activating group) is 1. The highest BCUT2D eigenvalue weighted by molar-refractivity contribution is 6.08. The normalized spacial score (nSPS) is 13.5. The molecule has 1 amide bonds. The van der Waals surface area contributed by atoms with Gasteiger partial charge in [0.25, 0.3) is 5.56 Å². The molecule has 6 rings (SSSR count). The SMILES string of the molecule is CCN(C(=O)Cn1nc(-c2cccc(C#N)c2)c2oc3ccccc3c2c1=O)c1ccc2c(c1)OC(F)(F)O2. The maximum Gasteiger partial charge on any atom is 0.586 e. The van der Waals surface area contributed by atoms with Crippen LogP contribution in [0.25, 0.3) is 33.2 Å². The minimum Gasteiger partial charge on any atom is -0.453 e. The van der Waals surface area contributed by atoms with Crippen molar-refractivity contribution in [2.24, 2.45) is 0 Å². The molecule has 0 N–H and O–H groups in total. The van der Waals surface area contributed by atoms with Crippen molar-refractivity contribution in [3.05, 3.63) is 82.6 Å². The van der Waals surface area contributed by atoms with Crippen LogP contribution in [0.15, 0.2) is 75.9 Å². The third kappa shape index (κ3) is 4.12. The van der Waals surface area contributed by atoms with Crippen molar-refractivity contribution in [1.82, 2.24) is 9.78 Å². The number of carbonyl (C=O) groups is 1. The van der Waals surface area contributed by atoms with Crippen molar-refractivity contribution in [1.29, 1.82) is 5.26 Å². The van der Waals surface area contributed by atoms with Crippen LogP contribution in [0.5, 0.6) is 11.5 Å². The van der Waals surface area contributed by atoms with E-state index in [1.54, 1.807) is 55.5 Å². The Morgan fingerprint density at radius 2 is 1.87 bits per heavy atom. The summed E-state index contributed by atoms with van der Waals surface area (Å²) in [5.41, 5.74) is 1.67. The van der Waals surface area contributed by atoms with Gasteiger partial charge in [-0.2, -0.15) is 10.4 Å². The molecule has 1 aliphatic heterocycles. The van der Waals surface area contributed by atoms with Gasteiger partial charge in [0.15, 0.2) is 17.1 Å². The van der Waals surface area contributed by atoms with Crippen LogP contribution in [0.2, 0.25) is 0 Å². The van der Waals surface area contributed by atoms with Crippen LogP contribution >= 0.6 is 0 Å². The third-order valence-corrected chi connectivity index (χ3v) is 6.34. The molecule has 0 aliphatic carbocycles. The summed E-state index contributed by atoms with van der Waals surface area (Å²) in [5, 5.41) is 14.7. The summed E-state index contributed by atoms with van der Waals surface area (Å²) in [6, 6.07) is 19.8. The fourth-order valence-corrected chi connectivity index (χ4v) is 4.62. The topological polar surface area (TPSA) is 111 Å². The van der Waals surface area contributed by atoms with E-state index in [4.69, 9.17) is 4.42 Å². The lowest BCUT2D eigenvalue weighted by atomic mass is 10.1. The van der Waals surface area contributed by atoms with Gasteiger partial charge < -0.3 is 18.8 Å². The molecule has 2 aromatic heterocycles. The molecule has 9 nitrogen and oxygen atoms in total. The molecular weight excluding hydrogens is 510 g/mol. The zero-order valence-corrected chi connectivity index (χ0v) is 20.4. The molecule has 0 atom stereocenters. The Bertz CT molecular complexity index is 1890. The highest BCUT2D eigenvalue weighted by atomic mass is 19.3. The summed E-state index contributed by atoms with van der Waals surface area (Å²) in [7, 11) is 0. The second-order valence-electron chi connectivity index (χ2n) is 8.74. The number of alkyl halides is 2. The maximum atomic E-state index is 13.6. The van der Waals surface area contributed by atoms with Crippen LogP contribution < -0.4 is 19.9 Å². The number of nitrogens with zero attached hydrogens (tertiary/aromatic N) is 4. The lowest BCUT2D eigenvalue weighted by Gasteiger charge is -2.21. The summed E-state index contributed by atoms with van der Waals surface area (Å²) in [6.45, 7) is 1.44. The van der Waals surface area contributed by atoms with E-state index in [2.05, 4.69) is 20.6 Å². The minimum absolute atomic E-state index is 0.147. The molecule has 3 heterocycles. The second-order valence-corrected chi connectivity index (χ2v) is 8.74. The molecule has 194 valence electrons. The number of benzene rings is 3. The second kappa shape index (κ2) is 8.95. The van der Waals surface area contributed by atoms with Crippen LogP contribution in [0.1, 0.15) is 12.5 Å². The van der Waals surface area contributed by atoms with Gasteiger partial charge in [-0.05, 0) is 37.3 Å². The van der Waals surface area contributed by atoms with Crippen molar-refractivity contribution in [3.8, 4) is 28.8 Å². The maximum absolute atomic E-state index is 13.6. The number of nitriles is 1. The zero-order chi connectivity index (χ0) is 27.3. The van der Waals surface area contributed by atoms with E-state index in [9.17, 15) is 23.6 Å². The first-order valence-corrected chi connectivity index (χ1v) is 11.9. The summed E-state index contributed by atoms with van der Waals surface area (Å²) in [5.74, 6) is -0.863. The number of rotatable bonds is 5. The smallest absolute Gasteiger partial charge is 0.453 e. The number of halogens is 2. The van der Waals surface area contributed by atoms with Gasteiger partial charge in [0.05, 0.1) is 17.0 Å². The lowest BCUT2D eigenvalue weighted by Crippen LogP contribution is -2.37. The molecular formula is C28H18F2N4O5. The number of amides is 1. The quantitative estimate of drug-likeness (QED) is 0.314. The number of carbonyl (C=O) groups excluding carboxylic acids is 1. The van der Waals surface area contributed by atoms with Gasteiger partial charge >= 0.3 is 6.29 Å². The largest absolute Gasteiger partial charge is 0.586 e. The first kappa shape index (κ1) is 24.1. The van der Waals surface area contributed by atoms with Gasteiger partial charge in [-0.15, -0.1) is 8.78 Å². The average molecular weight is 528 g/mol. The van der Waals surface area contributed by atoms with Gasteiger partial charge in [0, 0.05) is 29.2 Å². The predicted molar refractivity (Wildman–Crippen MR) is 137 cm³/mol. The molecule has 39 heavy (non-hydrogen) atoms. The Morgan fingerprint density at radius 3 is 2.67 bits per heavy atom. The minimum atomic E-state index is -3.79. The Hall–Kier alpha value is -5.24. The van der Waals surface area contributed by atoms with Gasteiger partial charge in [-0.25, -0.2) is 4.68 Å². The fraction of sp³-hybridized carbons (Fsp3) is 0.143. The first-order valence-electron chi connectivity index (χ1n) is 11.9. The molecule has 0 saturated carbocycles. The van der Waals surface area contributed by atoms with E-state index < -0.39 is 24.3 Å². The molecule has 1 aliphatic rings. The molecule has 0 radical (unpaired) electrons. The standard InChI is InChI=1S/C28H18F2N4O5/c1-2-33(18-10-11-21-22(13-18)39-28(29,30)38-21)23(35)15-34-27(36)24-19-8-3-4-9-20(19)37-26(24)25(32-34)17-7-5-6-16(12-17)14-31/h3-13H,2,15H2,1H3. The van der Waals surface area contributed by atoms with Crippen molar-refractivity contribution in [3.63, 3.8) is 0 Å². The van der Waals surface area contributed by atoms with Crippen LogP contribution in [0.4, 0.5) is 14.5 Å². The van der Waals surface area contributed by atoms with Gasteiger partial charge in [-0.1, -0.05) is 30.3 Å². The molecule has 3 aromatic carbocycles. The van der Waals surface area contributed by atoms with Crippen molar-refractivity contribution >= 4 is 33.5 Å². The van der Waals surface area contributed by atoms with Gasteiger partial charge in [0.1, 0.15) is 17.8 Å². The van der Waals surface area contributed by atoms with Crippen LogP contribution in [0, 0.1) is 11.3 Å². The van der Waals surface area contributed by atoms with Gasteiger partial charge in [-0.3, -0.25) is 9.59 Å². The number of furan rings is 1. The van der Waals surface area contributed by atoms with Crippen molar-refractivity contribution in [2.45, 2.75) is 19.8 Å². The van der Waals surface area contributed by atoms with E-state index in [1.807, 2.05) is 0 Å². The number of aromatic nitrogens is 2. The summed E-state index contributed by atoms with van der Waals surface area (Å²) < 4.78 is 43.0. The number of hydrogen-bond donors (Lipinski definition) is 0. The fourth-order valence-electron chi connectivity index (χ4n) is 4.62. The van der Waals surface area contributed by atoms with E-state index in [1.165, 1.54) is 23.1 Å². The molecule has 11 heteroatoms. The summed E-state index contributed by atoms with van der Waals surface area (Å²) in [6.07, 6.45) is -3.79. The molecule has 0 spiro atoms. The molecule has 5 aromatic rings. The molecule has 0 bridgehead atoms. The number of ether oxygens (including phenoxy) is 2. The highest BCUT2D eigenvalue weighted by Crippen LogP contribution is 2.43. The van der Waals surface area contributed by atoms with Crippen molar-refractivity contribution < 1.29 is 27.5 Å². The van der Waals surface area contributed by atoms with E-state index in [-0.39, 0.29) is 34.7 Å². The summed E-state index contributed by atoms with van der Waals surface area (Å²) in [4.78, 5) is 28.4. The Kier molecular flexibility index (Phi) is 5.54. The highest BCUT2D eigenvalue weighted by Gasteiger charge is 2.43. The lowest BCUT2D eigenvalue weighted by molar-refractivity contribution is -0.286. The van der Waals surface area contributed by atoms with E-state index >= 15 is 0 Å². The number of fused-ring (bicyclic) bond motifs is 4. The van der Waals surface area contributed by atoms with E-state index in [0.29, 0.717) is 27.8 Å². The average Bonchev–Trinajstić information content (AvgIpc) is 3.46. The van der Waals surface area contributed by atoms with Crippen molar-refractivity contribution in [2.75, 3.05) is 11.4 Å².